The minimum Gasteiger partial charge on any atom is -0.478 e. The smallest absolute Gasteiger partial charge is 0.338 e. The van der Waals surface area contributed by atoms with E-state index in [-0.39, 0.29) is 31.2 Å². The molecule has 0 aliphatic heterocycles. The summed E-state index contributed by atoms with van der Waals surface area (Å²) in [6.07, 6.45) is 3.23. The molecule has 2 aromatic rings. The number of hydrogen-bond donors (Lipinski definition) is 2. The van der Waals surface area contributed by atoms with Gasteiger partial charge in [-0.3, -0.25) is 0 Å². The molecule has 0 spiro atoms. The number of hydrogen-bond acceptors (Lipinski definition) is 2. The van der Waals surface area contributed by atoms with Gasteiger partial charge in [-0.1, -0.05) is 58.6 Å². The van der Waals surface area contributed by atoms with E-state index in [2.05, 4.69) is 0 Å². The molecule has 0 aromatic heterocycles. The topological polar surface area (TPSA) is 74.6 Å². The van der Waals surface area contributed by atoms with Crippen LogP contribution < -0.4 is 0 Å². The van der Waals surface area contributed by atoms with Gasteiger partial charge in [0, 0.05) is 0 Å². The summed E-state index contributed by atoms with van der Waals surface area (Å²) in [5.41, 5.74) is 0.772. The molecule has 2 N–H and O–H groups in total. The van der Waals surface area contributed by atoms with Gasteiger partial charge in [-0.15, -0.1) is 0 Å². The molecule has 0 saturated heterocycles. The summed E-state index contributed by atoms with van der Waals surface area (Å²) in [6, 6.07) is 5.79. The third-order valence-electron chi connectivity index (χ3n) is 3.02. The van der Waals surface area contributed by atoms with Crippen molar-refractivity contribution in [1.82, 2.24) is 0 Å². The zero-order valence-electron chi connectivity index (χ0n) is 11.7. The fourth-order valence-electron chi connectivity index (χ4n) is 1.98. The molecule has 0 radical (unpaired) electrons. The van der Waals surface area contributed by atoms with Crippen molar-refractivity contribution in [3.05, 3.63) is 66.6 Å². The molecule has 24 heavy (non-hydrogen) atoms. The number of carboxylic acid groups (broad SMARTS) is 2. The van der Waals surface area contributed by atoms with Crippen LogP contribution in [0.2, 0.25) is 20.1 Å². The Morgan fingerprint density at radius 1 is 0.667 bits per heavy atom. The Bertz CT molecular complexity index is 757. The van der Waals surface area contributed by atoms with E-state index in [0.717, 1.165) is 0 Å². The summed E-state index contributed by atoms with van der Waals surface area (Å²) in [5.74, 6) is -2.44. The summed E-state index contributed by atoms with van der Waals surface area (Å²) in [5, 5.41) is 18.1. The third kappa shape index (κ3) is 4.02. The largest absolute Gasteiger partial charge is 0.478 e. The highest BCUT2D eigenvalue weighted by atomic mass is 35.5. The maximum Gasteiger partial charge on any atom is 0.338 e. The quantitative estimate of drug-likeness (QED) is 0.624. The lowest BCUT2D eigenvalue weighted by atomic mass is 10.1. The fourth-order valence-corrected chi connectivity index (χ4v) is 3.31. The van der Waals surface area contributed by atoms with Gasteiger partial charge in [0.25, 0.3) is 0 Å². The van der Waals surface area contributed by atoms with Crippen LogP contribution in [0.5, 0.6) is 0 Å². The normalized spacial score (nSPS) is 11.0. The van der Waals surface area contributed by atoms with Gasteiger partial charge in [0.1, 0.15) is 0 Å². The number of carbonyl (C=O) groups is 2. The first-order chi connectivity index (χ1) is 11.2. The Hall–Kier alpha value is -1.72. The molecule has 0 fully saturated rings. The van der Waals surface area contributed by atoms with Gasteiger partial charge in [-0.25, -0.2) is 9.59 Å². The zero-order valence-corrected chi connectivity index (χ0v) is 14.7. The second kappa shape index (κ2) is 7.45. The average Bonchev–Trinajstić information content (AvgIpc) is 2.42. The van der Waals surface area contributed by atoms with Crippen LogP contribution in [-0.2, 0) is 0 Å². The Morgan fingerprint density at radius 3 is 1.12 bits per heavy atom. The highest BCUT2D eigenvalue weighted by Crippen LogP contribution is 2.29. The summed E-state index contributed by atoms with van der Waals surface area (Å²) >= 11 is 23.6. The summed E-state index contributed by atoms with van der Waals surface area (Å²) in [7, 11) is 0. The van der Waals surface area contributed by atoms with Gasteiger partial charge in [0.2, 0.25) is 0 Å². The van der Waals surface area contributed by atoms with Crippen LogP contribution in [-0.4, -0.2) is 22.2 Å². The molecule has 0 saturated carbocycles. The van der Waals surface area contributed by atoms with Crippen LogP contribution in [0.3, 0.4) is 0 Å². The number of benzene rings is 2. The first-order valence-corrected chi connectivity index (χ1v) is 7.84. The van der Waals surface area contributed by atoms with E-state index >= 15 is 0 Å². The third-order valence-corrected chi connectivity index (χ3v) is 4.22. The second-order valence-corrected chi connectivity index (χ2v) is 6.29. The highest BCUT2D eigenvalue weighted by Gasteiger charge is 2.15. The molecule has 0 unspecified atom stereocenters. The number of carboxylic acids is 2. The van der Waals surface area contributed by atoms with Crippen LogP contribution >= 0.6 is 46.4 Å². The predicted octanol–water partition coefficient (Wildman–Crippen LogP) is 5.87. The Labute approximate surface area is 156 Å². The molecule has 2 rings (SSSR count). The minimum absolute atomic E-state index is 0.00643. The van der Waals surface area contributed by atoms with E-state index in [1.165, 1.54) is 24.3 Å². The van der Waals surface area contributed by atoms with Gasteiger partial charge in [-0.05, 0) is 35.4 Å². The molecule has 8 heteroatoms. The van der Waals surface area contributed by atoms with E-state index in [1.807, 2.05) is 0 Å². The van der Waals surface area contributed by atoms with Crippen molar-refractivity contribution in [3.63, 3.8) is 0 Å². The first kappa shape index (κ1) is 18.6. The second-order valence-electron chi connectivity index (χ2n) is 4.66. The van der Waals surface area contributed by atoms with Crippen LogP contribution in [0.25, 0.3) is 12.2 Å². The molecular weight excluding hydrogens is 398 g/mol. The molecule has 0 aliphatic carbocycles. The maximum atomic E-state index is 11.0. The van der Waals surface area contributed by atoms with E-state index in [9.17, 15) is 9.59 Å². The molecule has 0 atom stereocenters. The zero-order chi connectivity index (χ0) is 18.0. The van der Waals surface area contributed by atoms with E-state index in [4.69, 9.17) is 56.6 Å². The van der Waals surface area contributed by atoms with Crippen LogP contribution in [0, 0.1) is 0 Å². The summed E-state index contributed by atoms with van der Waals surface area (Å²) in [6.45, 7) is 0. The number of halogens is 4. The average molecular weight is 406 g/mol. The molecule has 124 valence electrons. The van der Waals surface area contributed by atoms with Crippen LogP contribution in [0.4, 0.5) is 0 Å². The van der Waals surface area contributed by atoms with Gasteiger partial charge in [0.05, 0.1) is 31.2 Å². The lowest BCUT2D eigenvalue weighted by Crippen LogP contribution is -1.99. The van der Waals surface area contributed by atoms with E-state index < -0.39 is 11.9 Å². The van der Waals surface area contributed by atoms with Gasteiger partial charge in [-0.2, -0.15) is 0 Å². The van der Waals surface area contributed by atoms with Crippen LogP contribution in [0.1, 0.15) is 31.8 Å². The molecule has 0 heterocycles. The molecule has 2 aromatic carbocycles. The summed E-state index contributed by atoms with van der Waals surface area (Å²) in [4.78, 5) is 22.1. The lowest BCUT2D eigenvalue weighted by Gasteiger charge is -2.05. The van der Waals surface area contributed by atoms with Crippen molar-refractivity contribution in [1.29, 1.82) is 0 Å². The molecule has 0 bridgehead atoms. The Morgan fingerprint density at radius 2 is 0.917 bits per heavy atom. The SMILES string of the molecule is O=C(O)c1c(Cl)cc(/C=C/c2cc(Cl)c(C(=O)O)c(Cl)c2)cc1Cl. The Balaban J connectivity index is 2.39. The Kier molecular flexibility index (Phi) is 5.78. The van der Waals surface area contributed by atoms with E-state index in [1.54, 1.807) is 12.2 Å². The fraction of sp³-hybridized carbons (Fsp3) is 0. The molecule has 0 amide bonds. The number of aromatic carboxylic acids is 2. The molecule has 0 aliphatic rings. The van der Waals surface area contributed by atoms with Crippen LogP contribution in [0.15, 0.2) is 24.3 Å². The lowest BCUT2D eigenvalue weighted by molar-refractivity contribution is 0.0686. The van der Waals surface area contributed by atoms with Crippen molar-refractivity contribution in [3.8, 4) is 0 Å². The number of rotatable bonds is 4. The van der Waals surface area contributed by atoms with Gasteiger partial charge in [0.15, 0.2) is 0 Å². The monoisotopic (exact) mass is 404 g/mol. The minimum atomic E-state index is -1.22. The van der Waals surface area contributed by atoms with Gasteiger partial charge < -0.3 is 10.2 Å². The standard InChI is InChI=1S/C16H8Cl4O4/c17-9-3-7(4-10(18)13(9)15(21)22)1-2-8-5-11(19)14(16(23)24)12(20)6-8/h1-6H,(H,21,22)(H,23,24)/b2-1+. The van der Waals surface area contributed by atoms with Crippen molar-refractivity contribution in [2.45, 2.75) is 0 Å². The first-order valence-electron chi connectivity index (χ1n) is 6.33. The van der Waals surface area contributed by atoms with E-state index in [0.29, 0.717) is 11.1 Å². The summed E-state index contributed by atoms with van der Waals surface area (Å²) < 4.78 is 0. The maximum absolute atomic E-state index is 11.0. The van der Waals surface area contributed by atoms with Gasteiger partial charge >= 0.3 is 11.9 Å². The van der Waals surface area contributed by atoms with Crippen molar-refractivity contribution < 1.29 is 19.8 Å². The highest BCUT2D eigenvalue weighted by molar-refractivity contribution is 6.40. The molecular formula is C16H8Cl4O4. The molecule has 4 nitrogen and oxygen atoms in total. The van der Waals surface area contributed by atoms with Crippen molar-refractivity contribution in [2.75, 3.05) is 0 Å². The van der Waals surface area contributed by atoms with Crippen molar-refractivity contribution >= 4 is 70.5 Å². The van der Waals surface area contributed by atoms with Crippen molar-refractivity contribution in [2.24, 2.45) is 0 Å². The predicted molar refractivity (Wildman–Crippen MR) is 95.8 cm³/mol.